The molecule has 1 aromatic heterocycles. The number of aryl methyl sites for hydroxylation is 1. The SMILES string of the molecule is COc1ccc(Cl)cc1-n1c(C)cc(C=C2C(=O)N(C)C(=O)N(C)C2=O)c1C. The Morgan fingerprint density at radius 3 is 2.18 bits per heavy atom. The van der Waals surface area contributed by atoms with Gasteiger partial charge in [-0.1, -0.05) is 11.6 Å². The number of ether oxygens (including phenoxy) is 1. The summed E-state index contributed by atoms with van der Waals surface area (Å²) in [4.78, 5) is 38.7. The molecule has 1 saturated heterocycles. The number of barbiturate groups is 1. The lowest BCUT2D eigenvalue weighted by molar-refractivity contribution is -0.134. The van der Waals surface area contributed by atoms with Crippen molar-refractivity contribution in [2.45, 2.75) is 13.8 Å². The van der Waals surface area contributed by atoms with Gasteiger partial charge < -0.3 is 9.30 Å². The normalized spacial score (nSPS) is 14.8. The smallest absolute Gasteiger partial charge is 0.333 e. The number of rotatable bonds is 3. The minimum absolute atomic E-state index is 0.0668. The van der Waals surface area contributed by atoms with Gasteiger partial charge in [-0.05, 0) is 49.8 Å². The maximum atomic E-state index is 12.5. The summed E-state index contributed by atoms with van der Waals surface area (Å²) in [5, 5.41) is 0.558. The minimum atomic E-state index is -0.652. The number of halogens is 1. The minimum Gasteiger partial charge on any atom is -0.495 e. The Morgan fingerprint density at radius 2 is 1.61 bits per heavy atom. The fourth-order valence-corrected chi connectivity index (χ4v) is 3.44. The largest absolute Gasteiger partial charge is 0.495 e. The summed E-state index contributed by atoms with van der Waals surface area (Å²) in [5.41, 5.74) is 3.04. The predicted molar refractivity (Wildman–Crippen MR) is 106 cm³/mol. The highest BCUT2D eigenvalue weighted by molar-refractivity contribution is 6.31. The van der Waals surface area contributed by atoms with Gasteiger partial charge in [-0.15, -0.1) is 0 Å². The van der Waals surface area contributed by atoms with Gasteiger partial charge in [0.25, 0.3) is 11.8 Å². The van der Waals surface area contributed by atoms with Crippen molar-refractivity contribution < 1.29 is 19.1 Å². The second kappa shape index (κ2) is 7.16. The first-order chi connectivity index (χ1) is 13.2. The molecule has 4 amide bonds. The average molecular weight is 402 g/mol. The third-order valence-corrected chi connectivity index (χ3v) is 5.03. The fraction of sp³-hybridized carbons (Fsp3) is 0.250. The summed E-state index contributed by atoms with van der Waals surface area (Å²) in [6, 6.07) is 6.51. The lowest BCUT2D eigenvalue weighted by Gasteiger charge is -2.28. The van der Waals surface area contributed by atoms with E-state index in [0.29, 0.717) is 16.3 Å². The molecule has 0 unspecified atom stereocenters. The molecule has 1 aromatic carbocycles. The second-order valence-electron chi connectivity index (χ2n) is 6.55. The number of benzene rings is 1. The van der Waals surface area contributed by atoms with Crippen LogP contribution in [0.15, 0.2) is 29.8 Å². The van der Waals surface area contributed by atoms with Crippen molar-refractivity contribution >= 4 is 35.5 Å². The van der Waals surface area contributed by atoms with Gasteiger partial charge in [0, 0.05) is 30.5 Å². The number of likely N-dealkylation sites (N-methyl/N-ethyl adjacent to an activating group) is 2. The topological polar surface area (TPSA) is 71.8 Å². The zero-order valence-electron chi connectivity index (χ0n) is 16.2. The Kier molecular flexibility index (Phi) is 5.04. The van der Waals surface area contributed by atoms with Crippen molar-refractivity contribution in [3.63, 3.8) is 0 Å². The summed E-state index contributed by atoms with van der Waals surface area (Å²) in [5.74, 6) is -0.614. The number of hydrogen-bond acceptors (Lipinski definition) is 4. The van der Waals surface area contributed by atoms with Crippen molar-refractivity contribution in [1.29, 1.82) is 0 Å². The van der Waals surface area contributed by atoms with E-state index in [1.807, 2.05) is 24.5 Å². The monoisotopic (exact) mass is 401 g/mol. The number of imide groups is 2. The standard InChI is InChI=1S/C20H20ClN3O4/c1-11-8-13(9-15-18(25)22(3)20(27)23(4)19(15)26)12(2)24(11)16-10-14(21)6-7-17(16)28-5/h6-10H,1-5H3. The molecule has 146 valence electrons. The number of hydrogen-bond donors (Lipinski definition) is 0. The van der Waals surface area contributed by atoms with E-state index in [1.54, 1.807) is 25.3 Å². The zero-order valence-corrected chi connectivity index (χ0v) is 17.0. The molecule has 8 heteroatoms. The molecule has 1 aliphatic rings. The van der Waals surface area contributed by atoms with Gasteiger partial charge in [0.2, 0.25) is 0 Å². The molecule has 28 heavy (non-hydrogen) atoms. The lowest BCUT2D eigenvalue weighted by Crippen LogP contribution is -2.52. The first-order valence-electron chi connectivity index (χ1n) is 8.52. The zero-order chi connectivity index (χ0) is 20.7. The number of aromatic nitrogens is 1. The van der Waals surface area contributed by atoms with E-state index < -0.39 is 17.8 Å². The number of carbonyl (C=O) groups is 3. The molecule has 0 bridgehead atoms. The lowest BCUT2D eigenvalue weighted by atomic mass is 10.1. The van der Waals surface area contributed by atoms with E-state index in [4.69, 9.17) is 16.3 Å². The molecule has 0 aliphatic carbocycles. The van der Waals surface area contributed by atoms with Crippen LogP contribution in [-0.2, 0) is 9.59 Å². The molecule has 2 heterocycles. The first kappa shape index (κ1) is 19.7. The Bertz CT molecular complexity index is 1010. The average Bonchev–Trinajstić information content (AvgIpc) is 2.95. The molecule has 0 N–H and O–H groups in total. The van der Waals surface area contributed by atoms with Gasteiger partial charge in [0.15, 0.2) is 0 Å². The molecule has 0 spiro atoms. The van der Waals surface area contributed by atoms with Crippen molar-refractivity contribution in [3.05, 3.63) is 51.8 Å². The molecular formula is C20H20ClN3O4. The predicted octanol–water partition coefficient (Wildman–Crippen LogP) is 3.19. The Hall–Kier alpha value is -3.06. The van der Waals surface area contributed by atoms with E-state index in [1.165, 1.54) is 20.2 Å². The van der Waals surface area contributed by atoms with Crippen LogP contribution in [0.2, 0.25) is 5.02 Å². The molecule has 3 rings (SSSR count). The van der Waals surface area contributed by atoms with Crippen LogP contribution in [0.3, 0.4) is 0 Å². The van der Waals surface area contributed by atoms with E-state index in [9.17, 15) is 14.4 Å². The number of amides is 4. The van der Waals surface area contributed by atoms with Gasteiger partial charge in [-0.2, -0.15) is 0 Å². The van der Waals surface area contributed by atoms with E-state index in [2.05, 4.69) is 0 Å². The van der Waals surface area contributed by atoms with Gasteiger partial charge >= 0.3 is 6.03 Å². The molecule has 2 aromatic rings. The van der Waals surface area contributed by atoms with Crippen LogP contribution in [0.4, 0.5) is 4.79 Å². The molecular weight excluding hydrogens is 382 g/mol. The maximum absolute atomic E-state index is 12.5. The molecule has 7 nitrogen and oxygen atoms in total. The quantitative estimate of drug-likeness (QED) is 0.585. The van der Waals surface area contributed by atoms with Gasteiger partial charge in [-0.3, -0.25) is 19.4 Å². The molecule has 0 radical (unpaired) electrons. The van der Waals surface area contributed by atoms with Crippen molar-refractivity contribution in [3.8, 4) is 11.4 Å². The Balaban J connectivity index is 2.14. The first-order valence-corrected chi connectivity index (χ1v) is 8.89. The second-order valence-corrected chi connectivity index (χ2v) is 6.98. The van der Waals surface area contributed by atoms with Crippen LogP contribution < -0.4 is 4.74 Å². The highest BCUT2D eigenvalue weighted by Gasteiger charge is 2.38. The molecule has 1 aliphatic heterocycles. The number of carbonyl (C=O) groups excluding carboxylic acids is 3. The fourth-order valence-electron chi connectivity index (χ4n) is 3.27. The van der Waals surface area contributed by atoms with Crippen LogP contribution in [0, 0.1) is 13.8 Å². The molecule has 1 fully saturated rings. The van der Waals surface area contributed by atoms with Crippen LogP contribution in [0.25, 0.3) is 11.8 Å². The Morgan fingerprint density at radius 1 is 1.00 bits per heavy atom. The maximum Gasteiger partial charge on any atom is 0.333 e. The third kappa shape index (κ3) is 3.07. The van der Waals surface area contributed by atoms with Crippen molar-refractivity contribution in [2.75, 3.05) is 21.2 Å². The van der Waals surface area contributed by atoms with Crippen molar-refractivity contribution in [1.82, 2.24) is 14.4 Å². The summed E-state index contributed by atoms with van der Waals surface area (Å²) in [6.07, 6.45) is 1.51. The Labute approximate surface area is 167 Å². The van der Waals surface area contributed by atoms with Crippen LogP contribution in [0.1, 0.15) is 17.0 Å². The number of urea groups is 1. The van der Waals surface area contributed by atoms with Crippen LogP contribution in [-0.4, -0.2) is 53.4 Å². The van der Waals surface area contributed by atoms with Crippen LogP contribution in [0.5, 0.6) is 5.75 Å². The molecule has 0 atom stereocenters. The number of nitrogens with zero attached hydrogens (tertiary/aromatic N) is 3. The summed E-state index contributed by atoms with van der Waals surface area (Å²) in [6.45, 7) is 3.78. The summed E-state index contributed by atoms with van der Waals surface area (Å²) >= 11 is 6.16. The van der Waals surface area contributed by atoms with Gasteiger partial charge in [0.05, 0.1) is 12.8 Å². The van der Waals surface area contributed by atoms with Gasteiger partial charge in [0.1, 0.15) is 11.3 Å². The van der Waals surface area contributed by atoms with E-state index >= 15 is 0 Å². The highest BCUT2D eigenvalue weighted by Crippen LogP contribution is 2.31. The highest BCUT2D eigenvalue weighted by atomic mass is 35.5. The summed E-state index contributed by atoms with van der Waals surface area (Å²) < 4.78 is 7.38. The molecule has 0 saturated carbocycles. The van der Waals surface area contributed by atoms with Gasteiger partial charge in [-0.25, -0.2) is 4.79 Å². The van der Waals surface area contributed by atoms with Crippen molar-refractivity contribution in [2.24, 2.45) is 0 Å². The van der Waals surface area contributed by atoms with E-state index in [-0.39, 0.29) is 5.57 Å². The summed E-state index contributed by atoms with van der Waals surface area (Å²) in [7, 11) is 4.27. The number of methoxy groups -OCH3 is 1. The third-order valence-electron chi connectivity index (χ3n) is 4.80. The van der Waals surface area contributed by atoms with Crippen LogP contribution >= 0.6 is 11.6 Å². The van der Waals surface area contributed by atoms with E-state index in [0.717, 1.165) is 26.9 Å².